The van der Waals surface area contributed by atoms with Crippen molar-refractivity contribution >= 4 is 22.8 Å². The number of hydrogen-bond donors (Lipinski definition) is 0. The van der Waals surface area contributed by atoms with Gasteiger partial charge in [0.2, 0.25) is 0 Å². The van der Waals surface area contributed by atoms with E-state index >= 15 is 0 Å². The van der Waals surface area contributed by atoms with E-state index in [0.29, 0.717) is 22.2 Å². The first kappa shape index (κ1) is 14.0. The molecule has 1 atom stereocenters. The minimum atomic E-state index is -0.945. The second-order valence-electron chi connectivity index (χ2n) is 4.40. The van der Waals surface area contributed by atoms with Crippen LogP contribution in [0.1, 0.15) is 23.0 Å². The van der Waals surface area contributed by atoms with E-state index in [1.165, 1.54) is 14.0 Å². The number of methoxy groups -OCH3 is 1. The van der Waals surface area contributed by atoms with Crippen LogP contribution in [0.5, 0.6) is 0 Å². The Bertz CT molecular complexity index is 666. The zero-order valence-electron chi connectivity index (χ0n) is 11.5. The highest BCUT2D eigenvalue weighted by atomic mass is 16.6. The Morgan fingerprint density at radius 1 is 1.25 bits per heavy atom. The Balaban J connectivity index is 2.37. The number of para-hydroxylation sites is 1. The number of aromatic nitrogens is 1. The van der Waals surface area contributed by atoms with Gasteiger partial charge in [-0.05, 0) is 26.0 Å². The van der Waals surface area contributed by atoms with Gasteiger partial charge in [-0.3, -0.25) is 4.98 Å². The fraction of sp³-hybridized carbons (Fsp3) is 0.267. The molecule has 0 bridgehead atoms. The van der Waals surface area contributed by atoms with Crippen molar-refractivity contribution in [1.82, 2.24) is 4.98 Å². The third-order valence-electron chi connectivity index (χ3n) is 2.88. The Morgan fingerprint density at radius 3 is 2.65 bits per heavy atom. The Morgan fingerprint density at radius 2 is 1.95 bits per heavy atom. The number of esters is 2. The molecule has 0 aliphatic rings. The molecular weight excluding hydrogens is 258 g/mol. The highest BCUT2D eigenvalue weighted by Gasteiger charge is 2.21. The number of hydrogen-bond acceptors (Lipinski definition) is 5. The first-order valence-electron chi connectivity index (χ1n) is 6.18. The molecule has 1 aromatic carbocycles. The largest absolute Gasteiger partial charge is 0.466 e. The van der Waals surface area contributed by atoms with E-state index in [4.69, 9.17) is 4.74 Å². The molecule has 5 nitrogen and oxygen atoms in total. The molecule has 0 saturated heterocycles. The smallest absolute Gasteiger partial charge is 0.346 e. The van der Waals surface area contributed by atoms with Crippen LogP contribution < -0.4 is 0 Å². The Labute approximate surface area is 116 Å². The van der Waals surface area contributed by atoms with Crippen LogP contribution in [0.15, 0.2) is 30.3 Å². The average molecular weight is 273 g/mol. The quantitative estimate of drug-likeness (QED) is 0.802. The number of pyridine rings is 1. The van der Waals surface area contributed by atoms with E-state index in [1.807, 2.05) is 18.2 Å². The fourth-order valence-electron chi connectivity index (χ4n) is 1.91. The molecule has 1 unspecified atom stereocenters. The summed E-state index contributed by atoms with van der Waals surface area (Å²) < 4.78 is 9.64. The summed E-state index contributed by atoms with van der Waals surface area (Å²) in [5, 5.41) is 0.695. The van der Waals surface area contributed by atoms with E-state index in [9.17, 15) is 9.59 Å². The molecule has 0 radical (unpaired) electrons. The zero-order valence-corrected chi connectivity index (χ0v) is 11.5. The van der Waals surface area contributed by atoms with Crippen molar-refractivity contribution in [3.05, 3.63) is 41.6 Å². The minimum absolute atomic E-state index is 0.392. The Kier molecular flexibility index (Phi) is 3.98. The van der Waals surface area contributed by atoms with Crippen molar-refractivity contribution in [3.63, 3.8) is 0 Å². The van der Waals surface area contributed by atoms with Gasteiger partial charge < -0.3 is 9.47 Å². The minimum Gasteiger partial charge on any atom is -0.466 e. The molecule has 1 heterocycles. The third kappa shape index (κ3) is 2.77. The van der Waals surface area contributed by atoms with Crippen LogP contribution in [0.3, 0.4) is 0 Å². The summed E-state index contributed by atoms with van der Waals surface area (Å²) >= 11 is 0. The van der Waals surface area contributed by atoms with Crippen molar-refractivity contribution in [2.45, 2.75) is 20.0 Å². The number of fused-ring (bicyclic) bond motifs is 1. The van der Waals surface area contributed by atoms with Gasteiger partial charge in [0.1, 0.15) is 0 Å². The van der Waals surface area contributed by atoms with Gasteiger partial charge in [-0.25, -0.2) is 9.59 Å². The average Bonchev–Trinajstić information content (AvgIpc) is 2.45. The van der Waals surface area contributed by atoms with Crippen molar-refractivity contribution in [2.75, 3.05) is 7.11 Å². The lowest BCUT2D eigenvalue weighted by molar-refractivity contribution is -0.149. The molecule has 0 aliphatic heterocycles. The summed E-state index contributed by atoms with van der Waals surface area (Å²) in [6.45, 7) is 3.27. The van der Waals surface area contributed by atoms with Crippen molar-refractivity contribution in [3.8, 4) is 0 Å². The van der Waals surface area contributed by atoms with Crippen LogP contribution >= 0.6 is 0 Å². The van der Waals surface area contributed by atoms with Gasteiger partial charge in [0.25, 0.3) is 0 Å². The van der Waals surface area contributed by atoms with Gasteiger partial charge in [0, 0.05) is 11.1 Å². The lowest BCUT2D eigenvalue weighted by Gasteiger charge is -2.12. The van der Waals surface area contributed by atoms with E-state index in [1.54, 1.807) is 19.1 Å². The summed E-state index contributed by atoms with van der Waals surface area (Å²) in [7, 11) is 1.25. The van der Waals surface area contributed by atoms with Gasteiger partial charge in [-0.1, -0.05) is 18.2 Å². The van der Waals surface area contributed by atoms with Crippen LogP contribution in [-0.4, -0.2) is 30.1 Å². The van der Waals surface area contributed by atoms with Crippen LogP contribution in [-0.2, 0) is 14.3 Å². The summed E-state index contributed by atoms with van der Waals surface area (Å²) in [6, 6.07) is 8.93. The summed E-state index contributed by atoms with van der Waals surface area (Å²) in [5.74, 6) is -1.15. The molecule has 104 valence electrons. The summed E-state index contributed by atoms with van der Waals surface area (Å²) in [4.78, 5) is 27.8. The van der Waals surface area contributed by atoms with E-state index in [0.717, 1.165) is 0 Å². The predicted octanol–water partition coefficient (Wildman–Crippen LogP) is 2.26. The molecule has 20 heavy (non-hydrogen) atoms. The maximum absolute atomic E-state index is 12.2. The van der Waals surface area contributed by atoms with Crippen molar-refractivity contribution in [2.24, 2.45) is 0 Å². The maximum atomic E-state index is 12.2. The number of nitrogens with zero attached hydrogens (tertiary/aromatic N) is 1. The van der Waals surface area contributed by atoms with E-state index in [2.05, 4.69) is 9.72 Å². The monoisotopic (exact) mass is 273 g/mol. The maximum Gasteiger partial charge on any atom is 0.346 e. The van der Waals surface area contributed by atoms with E-state index < -0.39 is 18.0 Å². The predicted molar refractivity (Wildman–Crippen MR) is 73.4 cm³/mol. The van der Waals surface area contributed by atoms with Gasteiger partial charge in [0.15, 0.2) is 6.10 Å². The standard InChI is InChI=1S/C15H15NO4/c1-9-8-12(11-6-4-5-7-13(11)16-9)15(18)20-10(2)14(17)19-3/h4-8,10H,1-3H3. The topological polar surface area (TPSA) is 65.5 Å². The second-order valence-corrected chi connectivity index (χ2v) is 4.40. The number of aryl methyl sites for hydroxylation is 1. The number of ether oxygens (including phenoxy) is 2. The van der Waals surface area contributed by atoms with Crippen LogP contribution in [0.2, 0.25) is 0 Å². The molecule has 1 aromatic heterocycles. The van der Waals surface area contributed by atoms with Gasteiger partial charge in [-0.2, -0.15) is 0 Å². The number of rotatable bonds is 3. The highest BCUT2D eigenvalue weighted by Crippen LogP contribution is 2.19. The fourth-order valence-corrected chi connectivity index (χ4v) is 1.91. The van der Waals surface area contributed by atoms with Crippen LogP contribution in [0.25, 0.3) is 10.9 Å². The third-order valence-corrected chi connectivity index (χ3v) is 2.88. The molecule has 2 rings (SSSR count). The van der Waals surface area contributed by atoms with E-state index in [-0.39, 0.29) is 0 Å². The first-order chi connectivity index (χ1) is 9.52. The lowest BCUT2D eigenvalue weighted by atomic mass is 10.1. The first-order valence-corrected chi connectivity index (χ1v) is 6.18. The summed E-state index contributed by atoms with van der Waals surface area (Å²) in [6.07, 6.45) is -0.945. The van der Waals surface area contributed by atoms with Crippen LogP contribution in [0, 0.1) is 6.92 Å². The highest BCUT2D eigenvalue weighted by molar-refractivity contribution is 6.04. The molecule has 0 amide bonds. The molecule has 0 aliphatic carbocycles. The molecule has 0 spiro atoms. The molecule has 0 N–H and O–H groups in total. The number of carbonyl (C=O) groups excluding carboxylic acids is 2. The van der Waals surface area contributed by atoms with Crippen molar-refractivity contribution < 1.29 is 19.1 Å². The Hall–Kier alpha value is -2.43. The zero-order chi connectivity index (χ0) is 14.7. The molecule has 0 saturated carbocycles. The van der Waals surface area contributed by atoms with Crippen LogP contribution in [0.4, 0.5) is 0 Å². The van der Waals surface area contributed by atoms with Crippen molar-refractivity contribution in [1.29, 1.82) is 0 Å². The number of benzene rings is 1. The molecule has 2 aromatic rings. The number of carbonyl (C=O) groups is 2. The lowest BCUT2D eigenvalue weighted by Crippen LogP contribution is -2.25. The second kappa shape index (κ2) is 5.69. The molecule has 5 heteroatoms. The molecule has 0 fully saturated rings. The van der Waals surface area contributed by atoms with Gasteiger partial charge >= 0.3 is 11.9 Å². The summed E-state index contributed by atoms with van der Waals surface area (Å²) in [5.41, 5.74) is 1.82. The normalized spacial score (nSPS) is 11.9. The molecular formula is C15H15NO4. The van der Waals surface area contributed by atoms with Gasteiger partial charge in [-0.15, -0.1) is 0 Å². The van der Waals surface area contributed by atoms with Gasteiger partial charge in [0.05, 0.1) is 18.2 Å². The SMILES string of the molecule is COC(=O)C(C)OC(=O)c1cc(C)nc2ccccc12.